The van der Waals surface area contributed by atoms with Gasteiger partial charge in [-0.2, -0.15) is 5.10 Å². The van der Waals surface area contributed by atoms with Crippen LogP contribution in [0.25, 0.3) is 0 Å². The predicted molar refractivity (Wildman–Crippen MR) is 83.1 cm³/mol. The molecule has 1 heterocycles. The van der Waals surface area contributed by atoms with Gasteiger partial charge in [-0.15, -0.1) is 0 Å². The molecule has 0 aliphatic rings. The van der Waals surface area contributed by atoms with E-state index in [-0.39, 0.29) is 6.04 Å². The molecule has 0 fully saturated rings. The number of hydrogen-bond donors (Lipinski definition) is 1. The second kappa shape index (κ2) is 7.33. The normalized spacial score (nSPS) is 12.2. The fraction of sp³-hybridized carbons (Fsp3) is 0.400. The summed E-state index contributed by atoms with van der Waals surface area (Å²) in [5.41, 5.74) is 6.85. The number of hydrogen-bond acceptors (Lipinski definition) is 4. The van der Waals surface area contributed by atoms with Crippen molar-refractivity contribution in [3.8, 4) is 11.5 Å². The quantitative estimate of drug-likeness (QED) is 0.853. The fourth-order valence-corrected chi connectivity index (χ4v) is 2.36. The van der Waals surface area contributed by atoms with Crippen LogP contribution >= 0.6 is 11.6 Å². The van der Waals surface area contributed by atoms with E-state index in [0.717, 1.165) is 12.0 Å². The van der Waals surface area contributed by atoms with Crippen molar-refractivity contribution in [1.29, 1.82) is 0 Å². The van der Waals surface area contributed by atoms with Gasteiger partial charge >= 0.3 is 0 Å². The van der Waals surface area contributed by atoms with Gasteiger partial charge in [0, 0.05) is 18.4 Å². The van der Waals surface area contributed by atoms with Crippen LogP contribution in [-0.2, 0) is 13.0 Å². The lowest BCUT2D eigenvalue weighted by molar-refractivity contribution is 0.274. The van der Waals surface area contributed by atoms with Crippen LogP contribution in [0.1, 0.15) is 12.5 Å². The largest absolute Gasteiger partial charge is 0.493 e. The highest BCUT2D eigenvalue weighted by Crippen LogP contribution is 2.36. The maximum absolute atomic E-state index is 6.29. The Hall–Kier alpha value is -1.72. The van der Waals surface area contributed by atoms with Crippen molar-refractivity contribution in [2.45, 2.75) is 25.9 Å². The zero-order chi connectivity index (χ0) is 15.2. The van der Waals surface area contributed by atoms with E-state index >= 15 is 0 Å². The third-order valence-electron chi connectivity index (χ3n) is 2.97. The zero-order valence-electron chi connectivity index (χ0n) is 12.3. The topological polar surface area (TPSA) is 62.3 Å². The molecule has 1 unspecified atom stereocenters. The first-order chi connectivity index (χ1) is 10.1. The molecule has 0 saturated carbocycles. The molecule has 6 heteroatoms. The van der Waals surface area contributed by atoms with Gasteiger partial charge in [0.1, 0.15) is 6.61 Å². The Labute approximate surface area is 129 Å². The van der Waals surface area contributed by atoms with E-state index < -0.39 is 0 Å². The van der Waals surface area contributed by atoms with Crippen LogP contribution in [0.4, 0.5) is 0 Å². The summed E-state index contributed by atoms with van der Waals surface area (Å²) in [5, 5.41) is 4.65. The van der Waals surface area contributed by atoms with Gasteiger partial charge in [-0.1, -0.05) is 11.6 Å². The molecule has 0 aliphatic carbocycles. The number of aromatic nitrogens is 2. The summed E-state index contributed by atoms with van der Waals surface area (Å²) < 4.78 is 12.9. The van der Waals surface area contributed by atoms with E-state index in [0.29, 0.717) is 29.7 Å². The zero-order valence-corrected chi connectivity index (χ0v) is 13.0. The number of benzene rings is 1. The Bertz CT molecular complexity index is 571. The summed E-state index contributed by atoms with van der Waals surface area (Å²) in [6.07, 6.45) is 4.36. The number of nitrogens with two attached hydrogens (primary N) is 1. The van der Waals surface area contributed by atoms with Crippen molar-refractivity contribution in [1.82, 2.24) is 9.78 Å². The second-order valence-electron chi connectivity index (χ2n) is 4.91. The molecule has 1 aromatic heterocycles. The van der Waals surface area contributed by atoms with Crippen LogP contribution in [0.2, 0.25) is 5.02 Å². The van der Waals surface area contributed by atoms with Crippen molar-refractivity contribution >= 4 is 11.6 Å². The highest BCUT2D eigenvalue weighted by atomic mass is 35.5. The van der Waals surface area contributed by atoms with Crippen molar-refractivity contribution in [2.24, 2.45) is 5.73 Å². The first kappa shape index (κ1) is 15.7. The summed E-state index contributed by atoms with van der Waals surface area (Å²) in [6, 6.07) is 5.73. The molecule has 1 aromatic carbocycles. The third-order valence-corrected chi connectivity index (χ3v) is 3.25. The average Bonchev–Trinajstić information content (AvgIpc) is 2.93. The van der Waals surface area contributed by atoms with Crippen molar-refractivity contribution in [2.75, 3.05) is 13.7 Å². The van der Waals surface area contributed by atoms with Gasteiger partial charge in [0.05, 0.1) is 18.7 Å². The van der Waals surface area contributed by atoms with E-state index in [9.17, 15) is 0 Å². The van der Waals surface area contributed by atoms with Gasteiger partial charge in [0.25, 0.3) is 0 Å². The van der Waals surface area contributed by atoms with Gasteiger partial charge in [-0.25, -0.2) is 0 Å². The Morgan fingerprint density at radius 3 is 2.86 bits per heavy atom. The predicted octanol–water partition coefficient (Wildman–Crippen LogP) is 2.51. The molecule has 0 spiro atoms. The first-order valence-corrected chi connectivity index (χ1v) is 7.20. The molecule has 0 saturated heterocycles. The van der Waals surface area contributed by atoms with E-state index in [1.54, 1.807) is 18.0 Å². The standard InChI is InChI=1S/C15H20ClN3O2/c1-11(17)8-12-9-13(16)15(14(10-12)20-2)21-7-6-19-5-3-4-18-19/h3-5,9-11H,6-8,17H2,1-2H3. The number of rotatable bonds is 7. The Balaban J connectivity index is 2.07. The third kappa shape index (κ3) is 4.37. The molecule has 2 N–H and O–H groups in total. The molecule has 114 valence electrons. The molecule has 0 aliphatic heterocycles. The number of nitrogens with zero attached hydrogens (tertiary/aromatic N) is 2. The lowest BCUT2D eigenvalue weighted by Gasteiger charge is -2.15. The molecular weight excluding hydrogens is 290 g/mol. The summed E-state index contributed by atoms with van der Waals surface area (Å²) in [5.74, 6) is 1.18. The molecule has 1 atom stereocenters. The van der Waals surface area contributed by atoms with Gasteiger partial charge < -0.3 is 15.2 Å². The van der Waals surface area contributed by atoms with Gasteiger partial charge in [0.2, 0.25) is 0 Å². The van der Waals surface area contributed by atoms with Crippen LogP contribution < -0.4 is 15.2 Å². The van der Waals surface area contributed by atoms with Crippen LogP contribution in [0.3, 0.4) is 0 Å². The Kier molecular flexibility index (Phi) is 5.47. The maximum atomic E-state index is 6.29. The molecular formula is C15H20ClN3O2. The summed E-state index contributed by atoms with van der Waals surface area (Å²) in [6.45, 7) is 3.06. The summed E-state index contributed by atoms with van der Waals surface area (Å²) in [4.78, 5) is 0. The summed E-state index contributed by atoms with van der Waals surface area (Å²) in [7, 11) is 1.60. The molecule has 5 nitrogen and oxygen atoms in total. The minimum Gasteiger partial charge on any atom is -0.493 e. The fourth-order valence-electron chi connectivity index (χ4n) is 2.08. The minimum absolute atomic E-state index is 0.0670. The summed E-state index contributed by atoms with van der Waals surface area (Å²) >= 11 is 6.29. The Morgan fingerprint density at radius 1 is 1.43 bits per heavy atom. The van der Waals surface area contributed by atoms with E-state index in [1.165, 1.54) is 0 Å². The SMILES string of the molecule is COc1cc(CC(C)N)cc(Cl)c1OCCn1cccn1. The van der Waals surface area contributed by atoms with E-state index in [2.05, 4.69) is 5.10 Å². The van der Waals surface area contributed by atoms with E-state index in [4.69, 9.17) is 26.8 Å². The van der Waals surface area contributed by atoms with Gasteiger partial charge in [-0.05, 0) is 37.1 Å². The van der Waals surface area contributed by atoms with Crippen LogP contribution in [0, 0.1) is 0 Å². The average molecular weight is 310 g/mol. The van der Waals surface area contributed by atoms with Crippen LogP contribution in [0.5, 0.6) is 11.5 Å². The number of ether oxygens (including phenoxy) is 2. The van der Waals surface area contributed by atoms with Crippen molar-refractivity contribution < 1.29 is 9.47 Å². The Morgan fingerprint density at radius 2 is 2.24 bits per heavy atom. The lowest BCUT2D eigenvalue weighted by Crippen LogP contribution is -2.17. The van der Waals surface area contributed by atoms with Crippen LogP contribution in [-0.4, -0.2) is 29.5 Å². The minimum atomic E-state index is 0.0670. The molecule has 2 rings (SSSR count). The molecule has 2 aromatic rings. The number of methoxy groups -OCH3 is 1. The lowest BCUT2D eigenvalue weighted by atomic mass is 10.1. The van der Waals surface area contributed by atoms with Gasteiger partial charge in [0.15, 0.2) is 11.5 Å². The highest BCUT2D eigenvalue weighted by molar-refractivity contribution is 6.32. The van der Waals surface area contributed by atoms with E-state index in [1.807, 2.05) is 31.3 Å². The van der Waals surface area contributed by atoms with Gasteiger partial charge in [-0.3, -0.25) is 4.68 Å². The second-order valence-corrected chi connectivity index (χ2v) is 5.32. The molecule has 21 heavy (non-hydrogen) atoms. The van der Waals surface area contributed by atoms with Crippen molar-refractivity contribution in [3.05, 3.63) is 41.2 Å². The maximum Gasteiger partial charge on any atom is 0.179 e. The smallest absolute Gasteiger partial charge is 0.179 e. The molecule has 0 radical (unpaired) electrons. The molecule has 0 bridgehead atoms. The highest BCUT2D eigenvalue weighted by Gasteiger charge is 2.13. The molecule has 0 amide bonds. The number of halogens is 1. The monoisotopic (exact) mass is 309 g/mol. The van der Waals surface area contributed by atoms with Crippen LogP contribution in [0.15, 0.2) is 30.6 Å². The van der Waals surface area contributed by atoms with Crippen molar-refractivity contribution in [3.63, 3.8) is 0 Å². The first-order valence-electron chi connectivity index (χ1n) is 6.82.